The highest BCUT2D eigenvalue weighted by Gasteiger charge is 2.47. The number of carbonyl (C=O) groups excluding carboxylic acids is 2. The topological polar surface area (TPSA) is 95.5 Å². The highest BCUT2D eigenvalue weighted by molar-refractivity contribution is 6.47. The van der Waals surface area contributed by atoms with Crippen LogP contribution < -0.4 is 4.74 Å². The summed E-state index contributed by atoms with van der Waals surface area (Å²) >= 11 is 6.37. The second kappa shape index (κ2) is 8.68. The van der Waals surface area contributed by atoms with Crippen LogP contribution >= 0.6 is 11.6 Å². The minimum Gasteiger partial charge on any atom is -0.507 e. The van der Waals surface area contributed by atoms with Crippen molar-refractivity contribution >= 4 is 40.0 Å². The van der Waals surface area contributed by atoms with Crippen LogP contribution in [0, 0.1) is 0 Å². The molecule has 1 aliphatic heterocycles. The lowest BCUT2D eigenvalue weighted by Gasteiger charge is -2.25. The third kappa shape index (κ3) is 3.60. The highest BCUT2D eigenvalue weighted by Crippen LogP contribution is 2.43. The van der Waals surface area contributed by atoms with E-state index in [2.05, 4.69) is 9.97 Å². The van der Waals surface area contributed by atoms with Crippen molar-refractivity contribution in [2.24, 2.45) is 0 Å². The number of aliphatic hydroxyl groups is 1. The van der Waals surface area contributed by atoms with Gasteiger partial charge < -0.3 is 19.7 Å². The van der Waals surface area contributed by atoms with Gasteiger partial charge in [0.15, 0.2) is 0 Å². The van der Waals surface area contributed by atoms with E-state index in [0.717, 1.165) is 16.5 Å². The zero-order valence-corrected chi connectivity index (χ0v) is 18.9. The second-order valence-electron chi connectivity index (χ2n) is 7.92. The number of benzene rings is 2. The fraction of sp³-hybridized carbons (Fsp3) is 0.115. The van der Waals surface area contributed by atoms with Crippen molar-refractivity contribution < 1.29 is 19.4 Å². The largest absolute Gasteiger partial charge is 0.507 e. The molecule has 1 unspecified atom stereocenters. The van der Waals surface area contributed by atoms with E-state index in [1.54, 1.807) is 42.9 Å². The number of aliphatic hydroxyl groups excluding tert-OH is 1. The number of ether oxygens (including phenoxy) is 1. The monoisotopic (exact) mass is 473 g/mol. The van der Waals surface area contributed by atoms with Crippen LogP contribution in [0.2, 0.25) is 5.02 Å². The van der Waals surface area contributed by atoms with Crippen molar-refractivity contribution in [1.29, 1.82) is 0 Å². The molecule has 7 nitrogen and oxygen atoms in total. The van der Waals surface area contributed by atoms with E-state index in [9.17, 15) is 14.7 Å². The third-order valence-corrected chi connectivity index (χ3v) is 6.29. The van der Waals surface area contributed by atoms with E-state index in [4.69, 9.17) is 16.3 Å². The molecule has 170 valence electrons. The fourth-order valence-electron chi connectivity index (χ4n) is 4.33. The summed E-state index contributed by atoms with van der Waals surface area (Å²) in [6.45, 7) is 0.144. The van der Waals surface area contributed by atoms with Gasteiger partial charge >= 0.3 is 0 Å². The number of ketones is 1. The summed E-state index contributed by atoms with van der Waals surface area (Å²) in [5.74, 6) is -1.39. The number of rotatable bonds is 5. The van der Waals surface area contributed by atoms with Crippen LogP contribution in [0.25, 0.3) is 16.7 Å². The van der Waals surface area contributed by atoms with Crippen molar-refractivity contribution in [3.05, 3.63) is 100 Å². The average Bonchev–Trinajstić information content (AvgIpc) is 3.39. The van der Waals surface area contributed by atoms with Crippen LogP contribution in [0.3, 0.4) is 0 Å². The quantitative estimate of drug-likeness (QED) is 0.245. The summed E-state index contributed by atoms with van der Waals surface area (Å²) in [6.07, 6.45) is 5.04. The molecule has 0 saturated carbocycles. The fourth-order valence-corrected chi connectivity index (χ4v) is 4.54. The van der Waals surface area contributed by atoms with Crippen molar-refractivity contribution in [2.45, 2.75) is 12.6 Å². The normalized spacial score (nSPS) is 17.5. The lowest BCUT2D eigenvalue weighted by molar-refractivity contribution is -0.140. The molecule has 1 aliphatic rings. The molecule has 0 spiro atoms. The predicted molar refractivity (Wildman–Crippen MR) is 128 cm³/mol. The molecule has 8 heteroatoms. The van der Waals surface area contributed by atoms with E-state index in [-0.39, 0.29) is 28.5 Å². The van der Waals surface area contributed by atoms with Crippen LogP contribution in [0.1, 0.15) is 22.7 Å². The minimum atomic E-state index is -0.835. The van der Waals surface area contributed by atoms with Crippen molar-refractivity contribution in [3.8, 4) is 5.75 Å². The molecule has 1 amide bonds. The Kier molecular flexibility index (Phi) is 5.55. The van der Waals surface area contributed by atoms with Gasteiger partial charge in [-0.15, -0.1) is 0 Å². The highest BCUT2D eigenvalue weighted by atomic mass is 35.5. The number of pyridine rings is 1. The molecule has 0 bridgehead atoms. The Bertz CT molecular complexity index is 1440. The van der Waals surface area contributed by atoms with Crippen LogP contribution in [0.4, 0.5) is 0 Å². The number of likely N-dealkylation sites (tertiary alicyclic amines) is 1. The first-order valence-corrected chi connectivity index (χ1v) is 10.9. The smallest absolute Gasteiger partial charge is 0.295 e. The summed E-state index contributed by atoms with van der Waals surface area (Å²) in [6, 6.07) is 15.1. The van der Waals surface area contributed by atoms with Crippen LogP contribution in [-0.4, -0.2) is 38.8 Å². The van der Waals surface area contributed by atoms with Gasteiger partial charge in [0.2, 0.25) is 0 Å². The molecule has 2 aromatic carbocycles. The molecule has 1 fully saturated rings. The summed E-state index contributed by atoms with van der Waals surface area (Å²) in [5.41, 5.74) is 2.48. The number of methoxy groups -OCH3 is 1. The van der Waals surface area contributed by atoms with Gasteiger partial charge in [-0.2, -0.15) is 0 Å². The van der Waals surface area contributed by atoms with Gasteiger partial charge in [0.25, 0.3) is 11.7 Å². The first-order valence-electron chi connectivity index (χ1n) is 10.6. The Morgan fingerprint density at radius 3 is 2.76 bits per heavy atom. The zero-order valence-electron chi connectivity index (χ0n) is 18.2. The molecule has 1 atom stereocenters. The Morgan fingerprint density at radius 2 is 2.00 bits per heavy atom. The molecule has 2 aromatic heterocycles. The van der Waals surface area contributed by atoms with E-state index in [1.807, 2.05) is 30.3 Å². The summed E-state index contributed by atoms with van der Waals surface area (Å²) in [5, 5.41) is 12.4. The number of para-hydroxylation sites is 1. The Morgan fingerprint density at radius 1 is 1.18 bits per heavy atom. The van der Waals surface area contributed by atoms with Gasteiger partial charge in [-0.1, -0.05) is 35.9 Å². The van der Waals surface area contributed by atoms with Gasteiger partial charge in [-0.05, 0) is 35.9 Å². The van der Waals surface area contributed by atoms with Gasteiger partial charge in [0.05, 0.1) is 23.7 Å². The maximum absolute atomic E-state index is 13.3. The third-order valence-electron chi connectivity index (χ3n) is 5.96. The van der Waals surface area contributed by atoms with Crippen molar-refractivity contribution in [1.82, 2.24) is 14.9 Å². The van der Waals surface area contributed by atoms with Crippen molar-refractivity contribution in [3.63, 3.8) is 0 Å². The first-order chi connectivity index (χ1) is 16.5. The maximum atomic E-state index is 13.3. The molecular weight excluding hydrogens is 454 g/mol. The molecule has 0 aliphatic carbocycles. The number of nitrogens with zero attached hydrogens (tertiary/aromatic N) is 2. The molecule has 5 rings (SSSR count). The molecule has 4 aromatic rings. The Hall–Kier alpha value is -4.10. The molecule has 2 N–H and O–H groups in total. The number of fused-ring (bicyclic) bond motifs is 1. The van der Waals surface area contributed by atoms with E-state index in [0.29, 0.717) is 11.3 Å². The average molecular weight is 474 g/mol. The summed E-state index contributed by atoms with van der Waals surface area (Å²) in [4.78, 5) is 35.3. The molecule has 34 heavy (non-hydrogen) atoms. The van der Waals surface area contributed by atoms with Crippen LogP contribution in [0.5, 0.6) is 5.75 Å². The number of Topliss-reactive ketones (excluding diaryl/α,β-unsaturated/α-hetero) is 1. The van der Waals surface area contributed by atoms with E-state index >= 15 is 0 Å². The maximum Gasteiger partial charge on any atom is 0.295 e. The van der Waals surface area contributed by atoms with Crippen molar-refractivity contribution in [2.75, 3.05) is 7.11 Å². The second-order valence-corrected chi connectivity index (χ2v) is 8.33. The number of aromatic amines is 1. The number of amides is 1. The number of aromatic nitrogens is 2. The lowest BCUT2D eigenvalue weighted by Crippen LogP contribution is -2.29. The number of nitrogens with one attached hydrogen (secondary N) is 1. The van der Waals surface area contributed by atoms with Gasteiger partial charge in [0, 0.05) is 47.2 Å². The van der Waals surface area contributed by atoms with Gasteiger partial charge in [-0.25, -0.2) is 0 Å². The van der Waals surface area contributed by atoms with E-state index < -0.39 is 17.7 Å². The van der Waals surface area contributed by atoms with Gasteiger partial charge in [0.1, 0.15) is 11.5 Å². The Labute approximate surface area is 200 Å². The standard InChI is InChI=1S/C26H20ClN3O4/c1-34-16-8-9-20(27)18(11-16)24(31)22-23(19-13-29-21-7-3-2-6-17(19)21)30(26(33)25(22)32)14-15-5-4-10-28-12-15/h2-13,23,29,31H,14H2,1H3/b24-22+. The zero-order chi connectivity index (χ0) is 23.8. The molecular formula is C26H20ClN3O4. The summed E-state index contributed by atoms with van der Waals surface area (Å²) in [7, 11) is 1.49. The Balaban J connectivity index is 1.73. The van der Waals surface area contributed by atoms with E-state index in [1.165, 1.54) is 12.0 Å². The number of halogens is 1. The molecule has 1 saturated heterocycles. The SMILES string of the molecule is COc1ccc(Cl)c(/C(O)=C2\C(=O)C(=O)N(Cc3cccnc3)C2c2c[nH]c3ccccc23)c1. The minimum absolute atomic E-state index is 0.0335. The lowest BCUT2D eigenvalue weighted by atomic mass is 9.94. The number of hydrogen-bond donors (Lipinski definition) is 2. The predicted octanol–water partition coefficient (Wildman–Crippen LogP) is 4.85. The number of hydrogen-bond acceptors (Lipinski definition) is 5. The number of carbonyl (C=O) groups is 2. The van der Waals surface area contributed by atoms with Gasteiger partial charge in [-0.3, -0.25) is 14.6 Å². The molecule has 0 radical (unpaired) electrons. The van der Waals surface area contributed by atoms with Crippen LogP contribution in [0.15, 0.2) is 78.8 Å². The number of H-pyrrole nitrogens is 1. The summed E-state index contributed by atoms with van der Waals surface area (Å²) < 4.78 is 5.26. The first kappa shape index (κ1) is 21.7. The molecule has 3 heterocycles. The van der Waals surface area contributed by atoms with Crippen LogP contribution in [-0.2, 0) is 16.1 Å².